The van der Waals surface area contributed by atoms with Gasteiger partial charge in [0.15, 0.2) is 5.16 Å². The van der Waals surface area contributed by atoms with Gasteiger partial charge in [0.1, 0.15) is 5.76 Å². The summed E-state index contributed by atoms with van der Waals surface area (Å²) in [7, 11) is -0.604. The molecular formula is C16H16BrN3O3S2. The fraction of sp³-hybridized carbons (Fsp3) is 0.188. The lowest BCUT2D eigenvalue weighted by Crippen LogP contribution is -2.21. The predicted octanol–water partition coefficient (Wildman–Crippen LogP) is 3.77. The SMILES string of the molecule is CN(C)S(=O)(=O)c1ccc(CSc2nccn2-c2ccc(Br)cc2)o1. The maximum atomic E-state index is 12.0. The summed E-state index contributed by atoms with van der Waals surface area (Å²) in [4.78, 5) is 4.36. The van der Waals surface area contributed by atoms with Crippen LogP contribution in [0.4, 0.5) is 0 Å². The molecule has 0 atom stereocenters. The number of hydrogen-bond donors (Lipinski definition) is 0. The van der Waals surface area contributed by atoms with E-state index < -0.39 is 10.0 Å². The molecule has 2 heterocycles. The Hall–Kier alpha value is -1.55. The molecule has 0 fully saturated rings. The van der Waals surface area contributed by atoms with Crippen molar-refractivity contribution in [1.29, 1.82) is 0 Å². The molecule has 0 N–H and O–H groups in total. The minimum absolute atomic E-state index is 0.0515. The first-order chi connectivity index (χ1) is 11.9. The third kappa shape index (κ3) is 4.00. The van der Waals surface area contributed by atoms with Crippen LogP contribution in [-0.2, 0) is 15.8 Å². The number of nitrogens with zero attached hydrogens (tertiary/aromatic N) is 3. The fourth-order valence-electron chi connectivity index (χ4n) is 2.08. The standard InChI is InChI=1S/C16H16BrN3O3S2/c1-19(2)25(21,22)15-8-7-14(23-15)11-24-16-18-9-10-20(16)13-5-3-12(17)4-6-13/h3-10H,11H2,1-2H3. The van der Waals surface area contributed by atoms with Crippen LogP contribution in [0.2, 0.25) is 0 Å². The van der Waals surface area contributed by atoms with Gasteiger partial charge in [-0.3, -0.25) is 4.57 Å². The smallest absolute Gasteiger partial charge is 0.275 e. The summed E-state index contributed by atoms with van der Waals surface area (Å²) >= 11 is 4.90. The van der Waals surface area contributed by atoms with Gasteiger partial charge in [-0.2, -0.15) is 0 Å². The van der Waals surface area contributed by atoms with Gasteiger partial charge in [-0.1, -0.05) is 27.7 Å². The zero-order valence-electron chi connectivity index (χ0n) is 13.6. The summed E-state index contributed by atoms with van der Waals surface area (Å²) in [5.41, 5.74) is 0.999. The van der Waals surface area contributed by atoms with Crippen LogP contribution in [0.25, 0.3) is 5.69 Å². The summed E-state index contributed by atoms with van der Waals surface area (Å²) in [6.45, 7) is 0. The van der Waals surface area contributed by atoms with Gasteiger partial charge in [0.05, 0.1) is 5.75 Å². The molecule has 3 aromatic rings. The number of rotatable bonds is 6. The van der Waals surface area contributed by atoms with Gasteiger partial charge in [0, 0.05) is 36.6 Å². The number of thioether (sulfide) groups is 1. The van der Waals surface area contributed by atoms with E-state index in [4.69, 9.17) is 4.42 Å². The number of hydrogen-bond acceptors (Lipinski definition) is 5. The maximum absolute atomic E-state index is 12.0. The third-order valence-electron chi connectivity index (χ3n) is 3.43. The van der Waals surface area contributed by atoms with Crippen molar-refractivity contribution in [3.8, 4) is 5.69 Å². The van der Waals surface area contributed by atoms with E-state index in [2.05, 4.69) is 20.9 Å². The topological polar surface area (TPSA) is 68.3 Å². The van der Waals surface area contributed by atoms with Crippen LogP contribution in [-0.4, -0.2) is 36.4 Å². The van der Waals surface area contributed by atoms with Gasteiger partial charge in [-0.15, -0.1) is 0 Å². The van der Waals surface area contributed by atoms with Gasteiger partial charge in [-0.05, 0) is 36.4 Å². The number of halogens is 1. The second kappa shape index (κ2) is 7.36. The normalized spacial score (nSPS) is 12.0. The highest BCUT2D eigenvalue weighted by atomic mass is 79.9. The molecule has 25 heavy (non-hydrogen) atoms. The van der Waals surface area contributed by atoms with Crippen molar-refractivity contribution in [2.24, 2.45) is 0 Å². The monoisotopic (exact) mass is 441 g/mol. The zero-order chi connectivity index (χ0) is 18.0. The Balaban J connectivity index is 1.75. The van der Waals surface area contributed by atoms with Gasteiger partial charge < -0.3 is 4.42 Å². The molecule has 0 spiro atoms. The summed E-state index contributed by atoms with van der Waals surface area (Å²) in [6.07, 6.45) is 3.62. The van der Waals surface area contributed by atoms with Crippen molar-refractivity contribution < 1.29 is 12.8 Å². The second-order valence-corrected chi connectivity index (χ2v) is 9.29. The average Bonchev–Trinajstić information content (AvgIpc) is 3.23. The van der Waals surface area contributed by atoms with Crippen molar-refractivity contribution in [1.82, 2.24) is 13.9 Å². The third-order valence-corrected chi connectivity index (χ3v) is 6.63. The quantitative estimate of drug-likeness (QED) is 0.544. The van der Waals surface area contributed by atoms with Crippen molar-refractivity contribution in [3.05, 3.63) is 59.0 Å². The summed E-state index contributed by atoms with van der Waals surface area (Å²) < 4.78 is 33.7. The summed E-state index contributed by atoms with van der Waals surface area (Å²) in [5, 5.41) is 0.750. The molecule has 6 nitrogen and oxygen atoms in total. The van der Waals surface area contributed by atoms with E-state index in [-0.39, 0.29) is 5.09 Å². The molecule has 0 aliphatic carbocycles. The Bertz CT molecular complexity index is 963. The lowest BCUT2D eigenvalue weighted by atomic mass is 10.3. The molecule has 132 valence electrons. The Morgan fingerprint density at radius 1 is 1.20 bits per heavy atom. The molecule has 0 radical (unpaired) electrons. The molecule has 9 heteroatoms. The molecule has 0 aliphatic rings. The Morgan fingerprint density at radius 2 is 1.92 bits per heavy atom. The highest BCUT2D eigenvalue weighted by Crippen LogP contribution is 2.27. The molecule has 0 unspecified atom stereocenters. The van der Waals surface area contributed by atoms with Gasteiger partial charge >= 0.3 is 0 Å². The van der Waals surface area contributed by atoms with E-state index in [0.29, 0.717) is 11.5 Å². The maximum Gasteiger partial charge on any atom is 0.275 e. The largest absolute Gasteiger partial charge is 0.447 e. The van der Waals surface area contributed by atoms with Gasteiger partial charge in [-0.25, -0.2) is 17.7 Å². The molecule has 0 saturated heterocycles. The first-order valence-corrected chi connectivity index (χ1v) is 10.5. The molecular weight excluding hydrogens is 426 g/mol. The van der Waals surface area contributed by atoms with E-state index >= 15 is 0 Å². The Kier molecular flexibility index (Phi) is 5.38. The van der Waals surface area contributed by atoms with Crippen LogP contribution in [0.5, 0.6) is 0 Å². The minimum Gasteiger partial charge on any atom is -0.447 e. The van der Waals surface area contributed by atoms with Crippen molar-refractivity contribution in [2.75, 3.05) is 14.1 Å². The fourth-order valence-corrected chi connectivity index (χ4v) is 4.03. The lowest BCUT2D eigenvalue weighted by molar-refractivity contribution is 0.408. The first-order valence-electron chi connectivity index (χ1n) is 7.31. The number of furan rings is 1. The van der Waals surface area contributed by atoms with Crippen LogP contribution < -0.4 is 0 Å². The minimum atomic E-state index is -3.55. The highest BCUT2D eigenvalue weighted by Gasteiger charge is 2.21. The Morgan fingerprint density at radius 3 is 2.60 bits per heavy atom. The molecule has 1 aromatic carbocycles. The molecule has 0 saturated carbocycles. The highest BCUT2D eigenvalue weighted by molar-refractivity contribution is 9.10. The van der Waals surface area contributed by atoms with Gasteiger partial charge in [0.25, 0.3) is 10.0 Å². The summed E-state index contributed by atoms with van der Waals surface area (Å²) in [5.74, 6) is 1.06. The van der Waals surface area contributed by atoms with E-state index in [1.54, 1.807) is 12.3 Å². The van der Waals surface area contributed by atoms with Crippen molar-refractivity contribution in [2.45, 2.75) is 16.0 Å². The van der Waals surface area contributed by atoms with Crippen molar-refractivity contribution >= 4 is 37.7 Å². The number of sulfonamides is 1. The Labute approximate surface area is 159 Å². The van der Waals surface area contributed by atoms with E-state index in [1.807, 2.05) is 35.0 Å². The molecule has 3 rings (SSSR count). The van der Waals surface area contributed by atoms with E-state index in [9.17, 15) is 8.42 Å². The first kappa shape index (κ1) is 18.2. The molecule has 0 bridgehead atoms. The molecule has 2 aromatic heterocycles. The van der Waals surface area contributed by atoms with Crippen LogP contribution in [0.3, 0.4) is 0 Å². The van der Waals surface area contributed by atoms with Crippen LogP contribution >= 0.6 is 27.7 Å². The number of imidazole rings is 1. The summed E-state index contributed by atoms with van der Waals surface area (Å²) in [6, 6.07) is 11.1. The van der Waals surface area contributed by atoms with Crippen LogP contribution in [0.1, 0.15) is 5.76 Å². The lowest BCUT2D eigenvalue weighted by Gasteiger charge is -2.08. The second-order valence-electron chi connectivity index (χ2n) is 5.35. The molecule has 0 amide bonds. The zero-order valence-corrected chi connectivity index (χ0v) is 16.8. The average molecular weight is 442 g/mol. The number of aromatic nitrogens is 2. The number of benzene rings is 1. The van der Waals surface area contributed by atoms with Crippen LogP contribution in [0.15, 0.2) is 67.9 Å². The van der Waals surface area contributed by atoms with Crippen molar-refractivity contribution in [3.63, 3.8) is 0 Å². The van der Waals surface area contributed by atoms with E-state index in [0.717, 1.165) is 19.6 Å². The van der Waals surface area contributed by atoms with Gasteiger partial charge in [0.2, 0.25) is 5.09 Å². The van der Waals surface area contributed by atoms with E-state index in [1.165, 1.54) is 31.9 Å². The molecule has 0 aliphatic heterocycles. The van der Waals surface area contributed by atoms with Crippen LogP contribution in [0, 0.1) is 0 Å². The predicted molar refractivity (Wildman–Crippen MR) is 100 cm³/mol.